The Bertz CT molecular complexity index is 895. The molecule has 0 unspecified atom stereocenters. The molecule has 0 amide bonds. The lowest BCUT2D eigenvalue weighted by atomic mass is 10.0. The molecule has 0 aliphatic rings. The predicted octanol–water partition coefficient (Wildman–Crippen LogP) is 2.79. The van der Waals surface area contributed by atoms with Gasteiger partial charge in [0.2, 0.25) is 0 Å². The summed E-state index contributed by atoms with van der Waals surface area (Å²) in [5.41, 5.74) is -4.09. The van der Waals surface area contributed by atoms with Gasteiger partial charge in [0, 0.05) is 6.07 Å². The second-order valence-electron chi connectivity index (χ2n) is 4.32. The van der Waals surface area contributed by atoms with Gasteiger partial charge in [-0.1, -0.05) is 0 Å². The molecule has 0 saturated carbocycles. The van der Waals surface area contributed by atoms with Crippen LogP contribution in [0.5, 0.6) is 0 Å². The van der Waals surface area contributed by atoms with E-state index in [1.165, 1.54) is 0 Å². The van der Waals surface area contributed by atoms with E-state index in [4.69, 9.17) is 0 Å². The minimum absolute atomic E-state index is 0.352. The zero-order chi connectivity index (χ0) is 18.0. The predicted molar refractivity (Wildman–Crippen MR) is 77.3 cm³/mol. The standard InChI is InChI=1S/C12H5N4O8/c17-13(18)7-4-5-8(11(6-7)15(21)22)9-2-1-3-10(14(19)20)12(9)16(23)24/h1-2,4-6H. The van der Waals surface area contributed by atoms with Gasteiger partial charge in [0.25, 0.3) is 11.4 Å². The van der Waals surface area contributed by atoms with Crippen LogP contribution in [-0.2, 0) is 0 Å². The van der Waals surface area contributed by atoms with Crippen molar-refractivity contribution in [1.29, 1.82) is 0 Å². The van der Waals surface area contributed by atoms with Crippen molar-refractivity contribution in [2.45, 2.75) is 0 Å². The van der Waals surface area contributed by atoms with Crippen LogP contribution < -0.4 is 0 Å². The number of hydrogen-bond donors (Lipinski definition) is 0. The van der Waals surface area contributed by atoms with E-state index < -0.39 is 48.0 Å². The van der Waals surface area contributed by atoms with Crippen molar-refractivity contribution < 1.29 is 19.7 Å². The van der Waals surface area contributed by atoms with E-state index >= 15 is 0 Å². The van der Waals surface area contributed by atoms with Crippen LogP contribution in [-0.4, -0.2) is 19.7 Å². The third-order valence-corrected chi connectivity index (χ3v) is 2.99. The summed E-state index contributed by atoms with van der Waals surface area (Å²) in [6.07, 6.45) is 0. The van der Waals surface area contributed by atoms with Crippen molar-refractivity contribution in [3.63, 3.8) is 0 Å². The van der Waals surface area contributed by atoms with Gasteiger partial charge in [-0.3, -0.25) is 40.5 Å². The second kappa shape index (κ2) is 6.04. The summed E-state index contributed by atoms with van der Waals surface area (Å²) in [6.45, 7) is 0. The molecule has 1 radical (unpaired) electrons. The van der Waals surface area contributed by atoms with Gasteiger partial charge in [-0.15, -0.1) is 0 Å². The van der Waals surface area contributed by atoms with E-state index in [9.17, 15) is 40.5 Å². The minimum Gasteiger partial charge on any atom is -0.258 e. The maximum Gasteiger partial charge on any atom is 0.354 e. The molecular formula is C12H5N4O8. The van der Waals surface area contributed by atoms with Crippen molar-refractivity contribution in [1.82, 2.24) is 0 Å². The zero-order valence-electron chi connectivity index (χ0n) is 11.4. The molecule has 0 N–H and O–H groups in total. The molecule has 12 nitrogen and oxygen atoms in total. The molecule has 2 rings (SSSR count). The summed E-state index contributed by atoms with van der Waals surface area (Å²) < 4.78 is 0. The lowest BCUT2D eigenvalue weighted by molar-refractivity contribution is -0.422. The van der Waals surface area contributed by atoms with Crippen LogP contribution in [0.2, 0.25) is 0 Å². The molecule has 0 aliphatic heterocycles. The van der Waals surface area contributed by atoms with Crippen molar-refractivity contribution in [3.8, 4) is 11.1 Å². The largest absolute Gasteiger partial charge is 0.354 e. The van der Waals surface area contributed by atoms with Crippen LogP contribution in [0.15, 0.2) is 30.3 Å². The summed E-state index contributed by atoms with van der Waals surface area (Å²) in [5.74, 6) is 0. The molecular weight excluding hydrogens is 328 g/mol. The quantitative estimate of drug-likeness (QED) is 0.593. The second-order valence-corrected chi connectivity index (χ2v) is 4.32. The third-order valence-electron chi connectivity index (χ3n) is 2.99. The van der Waals surface area contributed by atoms with Crippen molar-refractivity contribution in [2.75, 3.05) is 0 Å². The lowest BCUT2D eigenvalue weighted by Crippen LogP contribution is -2.01. The van der Waals surface area contributed by atoms with Crippen molar-refractivity contribution in [2.24, 2.45) is 0 Å². The van der Waals surface area contributed by atoms with Gasteiger partial charge < -0.3 is 0 Å². The molecule has 2 aromatic rings. The Kier molecular flexibility index (Phi) is 4.13. The van der Waals surface area contributed by atoms with Crippen LogP contribution in [0.3, 0.4) is 0 Å². The molecule has 2 aromatic carbocycles. The maximum absolute atomic E-state index is 11.2. The average Bonchev–Trinajstić information content (AvgIpc) is 2.53. The first-order valence-electron chi connectivity index (χ1n) is 6.00. The Morgan fingerprint density at radius 1 is 0.750 bits per heavy atom. The Labute approximate surface area is 131 Å². The van der Waals surface area contributed by atoms with Crippen molar-refractivity contribution >= 4 is 22.7 Å². The van der Waals surface area contributed by atoms with Crippen LogP contribution in [0.4, 0.5) is 22.7 Å². The molecule has 0 aliphatic carbocycles. The molecule has 0 saturated heterocycles. The zero-order valence-corrected chi connectivity index (χ0v) is 11.4. The summed E-state index contributed by atoms with van der Waals surface area (Å²) in [7, 11) is 0. The van der Waals surface area contributed by atoms with Gasteiger partial charge in [0.15, 0.2) is 0 Å². The van der Waals surface area contributed by atoms with Crippen molar-refractivity contribution in [3.05, 3.63) is 76.9 Å². The fourth-order valence-corrected chi connectivity index (χ4v) is 2.03. The van der Waals surface area contributed by atoms with Crippen LogP contribution in [0.1, 0.15) is 0 Å². The first-order valence-corrected chi connectivity index (χ1v) is 6.00. The molecule has 0 fully saturated rings. The first-order chi connectivity index (χ1) is 11.2. The molecule has 121 valence electrons. The highest BCUT2D eigenvalue weighted by Crippen LogP contribution is 2.41. The first kappa shape index (κ1) is 16.4. The fraction of sp³-hybridized carbons (Fsp3) is 0. The van der Waals surface area contributed by atoms with Gasteiger partial charge in [-0.05, 0) is 18.2 Å². The molecule has 0 atom stereocenters. The van der Waals surface area contributed by atoms with Crippen LogP contribution in [0.25, 0.3) is 11.1 Å². The van der Waals surface area contributed by atoms with Crippen LogP contribution >= 0.6 is 0 Å². The van der Waals surface area contributed by atoms with Gasteiger partial charge >= 0.3 is 11.4 Å². The minimum atomic E-state index is -1.06. The summed E-state index contributed by atoms with van der Waals surface area (Å²) >= 11 is 0. The van der Waals surface area contributed by atoms with E-state index in [0.717, 1.165) is 24.3 Å². The van der Waals surface area contributed by atoms with E-state index in [2.05, 4.69) is 6.07 Å². The average molecular weight is 333 g/mol. The molecule has 24 heavy (non-hydrogen) atoms. The highest BCUT2D eigenvalue weighted by molar-refractivity contribution is 5.85. The molecule has 0 heterocycles. The van der Waals surface area contributed by atoms with Gasteiger partial charge in [0.05, 0.1) is 43.0 Å². The highest BCUT2D eigenvalue weighted by Gasteiger charge is 2.32. The maximum atomic E-state index is 11.2. The lowest BCUT2D eigenvalue weighted by Gasteiger charge is -2.04. The van der Waals surface area contributed by atoms with Crippen LogP contribution in [0, 0.1) is 46.5 Å². The monoisotopic (exact) mass is 333 g/mol. The Balaban J connectivity index is 2.84. The van der Waals surface area contributed by atoms with Gasteiger partial charge in [0.1, 0.15) is 0 Å². The molecule has 0 spiro atoms. The van der Waals surface area contributed by atoms with Gasteiger partial charge in [-0.2, -0.15) is 0 Å². The van der Waals surface area contributed by atoms with Gasteiger partial charge in [-0.25, -0.2) is 0 Å². The summed E-state index contributed by atoms with van der Waals surface area (Å²) in [5, 5.41) is 44.0. The number of rotatable bonds is 5. The summed E-state index contributed by atoms with van der Waals surface area (Å²) in [4.78, 5) is 40.0. The number of hydrogen-bond acceptors (Lipinski definition) is 8. The molecule has 0 bridgehead atoms. The third kappa shape index (κ3) is 2.83. The Morgan fingerprint density at radius 3 is 1.92 bits per heavy atom. The smallest absolute Gasteiger partial charge is 0.258 e. The number of nitro groups is 4. The number of nitro benzene ring substituents is 4. The molecule has 0 aromatic heterocycles. The topological polar surface area (TPSA) is 173 Å². The number of non-ortho nitro benzene ring substituents is 1. The highest BCUT2D eigenvalue weighted by atomic mass is 16.6. The summed E-state index contributed by atoms with van der Waals surface area (Å²) in [6, 6.07) is 6.60. The Morgan fingerprint density at radius 2 is 1.42 bits per heavy atom. The SMILES string of the molecule is O=[N+]([O-])c1ccc(-c2cc[c]c([N+](=O)[O-])c2[N+](=O)[O-])c([N+](=O)[O-])c1. The normalized spacial score (nSPS) is 10.2. The Hall–Kier alpha value is -3.96. The number of nitrogens with zero attached hydrogens (tertiary/aromatic N) is 4. The van der Waals surface area contributed by atoms with E-state index in [-0.39, 0.29) is 5.56 Å². The molecule has 12 heteroatoms. The van der Waals surface area contributed by atoms with E-state index in [0.29, 0.717) is 6.07 Å². The number of benzene rings is 2. The van der Waals surface area contributed by atoms with E-state index in [1.54, 1.807) is 0 Å². The fourth-order valence-electron chi connectivity index (χ4n) is 2.03. The van der Waals surface area contributed by atoms with E-state index in [1.807, 2.05) is 0 Å².